The zero-order valence-corrected chi connectivity index (χ0v) is 21.4. The van der Waals surface area contributed by atoms with Crippen LogP contribution in [-0.2, 0) is 15.5 Å². The van der Waals surface area contributed by atoms with Gasteiger partial charge >= 0.3 is 18.0 Å². The molecule has 2 aromatic carbocycles. The summed E-state index contributed by atoms with van der Waals surface area (Å²) in [6.07, 6.45) is -11.6. The third-order valence-electron chi connectivity index (χ3n) is 4.74. The van der Waals surface area contributed by atoms with Gasteiger partial charge in [-0.05, 0) is 53.8 Å². The fourth-order valence-electron chi connectivity index (χ4n) is 3.21. The maximum absolute atomic E-state index is 14.2. The lowest BCUT2D eigenvalue weighted by atomic mass is 9.94. The number of benzene rings is 2. The Morgan fingerprint density at radius 1 is 0.917 bits per heavy atom. The lowest BCUT2D eigenvalue weighted by Gasteiger charge is -2.30. The van der Waals surface area contributed by atoms with E-state index in [0.717, 1.165) is 6.26 Å². The van der Waals surface area contributed by atoms with Gasteiger partial charge in [-0.2, -0.15) is 26.3 Å². The van der Waals surface area contributed by atoms with E-state index >= 15 is 0 Å². The summed E-state index contributed by atoms with van der Waals surface area (Å²) in [5.41, 5.74) is -7.96. The second-order valence-corrected chi connectivity index (χ2v) is 11.2. The Hall–Kier alpha value is -2.43. The molecule has 0 fully saturated rings. The molecule has 15 heteroatoms. The van der Waals surface area contributed by atoms with E-state index in [1.54, 1.807) is 22.6 Å². The van der Waals surface area contributed by atoms with Gasteiger partial charge in [0.2, 0.25) is 0 Å². The number of hydrogen-bond donors (Lipinski definition) is 2. The van der Waals surface area contributed by atoms with Gasteiger partial charge in [-0.15, -0.1) is 0 Å². The maximum atomic E-state index is 14.2. The van der Waals surface area contributed by atoms with Crippen molar-refractivity contribution in [3.05, 3.63) is 62.7 Å². The molecule has 0 bridgehead atoms. The van der Waals surface area contributed by atoms with Crippen LogP contribution in [0.4, 0.5) is 36.4 Å². The van der Waals surface area contributed by atoms with Crippen LogP contribution < -0.4 is 10.6 Å². The first-order valence-electron chi connectivity index (χ1n) is 9.79. The highest BCUT2D eigenvalue weighted by Crippen LogP contribution is 2.53. The summed E-state index contributed by atoms with van der Waals surface area (Å²) in [4.78, 5) is 25.5. The zero-order chi connectivity index (χ0) is 27.7. The topological polar surface area (TPSA) is 92.3 Å². The molecule has 0 aliphatic carbocycles. The molecule has 198 valence electrons. The smallest absolute Gasteiger partial charge is 0.349 e. The standard InChI is InChI=1S/C21H18F7IN2O4S/c1-11(10-36(2,34)35)30-17(32)14-4-3-5-15(29)16(14)18(33)31-13-8-6-12(7-9-13)19(22,20(23,24)25)21(26,27)28/h3-9,11H,10H2,1-2H3,(H,30,32)(H,31,33)/t11-/m0/s1. The van der Waals surface area contributed by atoms with Crippen molar-refractivity contribution >= 4 is 49.9 Å². The molecule has 0 heterocycles. The number of carbonyl (C=O) groups is 2. The van der Waals surface area contributed by atoms with Crippen molar-refractivity contribution in [2.75, 3.05) is 17.3 Å². The molecule has 1 atom stereocenters. The molecule has 0 saturated carbocycles. The largest absolute Gasteiger partial charge is 0.435 e. The summed E-state index contributed by atoms with van der Waals surface area (Å²) >= 11 is 1.73. The van der Waals surface area contributed by atoms with Crippen molar-refractivity contribution in [3.63, 3.8) is 0 Å². The fourth-order valence-corrected chi connectivity index (χ4v) is 4.94. The van der Waals surface area contributed by atoms with Gasteiger partial charge in [0.25, 0.3) is 11.8 Å². The number of rotatable bonds is 7. The molecule has 0 aliphatic rings. The normalized spacial score (nSPS) is 13.7. The third-order valence-corrected chi connectivity index (χ3v) is 6.74. The second kappa shape index (κ2) is 10.5. The van der Waals surface area contributed by atoms with Gasteiger partial charge in [0, 0.05) is 27.1 Å². The quantitative estimate of drug-likeness (QED) is 0.325. The molecule has 2 aromatic rings. The minimum atomic E-state index is -6.29. The first-order chi connectivity index (χ1) is 16.3. The molecule has 2 rings (SSSR count). The minimum absolute atomic E-state index is 0.159. The van der Waals surface area contributed by atoms with Crippen LogP contribution in [0, 0.1) is 3.57 Å². The Morgan fingerprint density at radius 3 is 1.92 bits per heavy atom. The fraction of sp³-hybridized carbons (Fsp3) is 0.333. The van der Waals surface area contributed by atoms with Crippen LogP contribution in [0.25, 0.3) is 0 Å². The Balaban J connectivity index is 2.33. The molecule has 0 aromatic heterocycles. The van der Waals surface area contributed by atoms with E-state index in [4.69, 9.17) is 0 Å². The number of amides is 2. The molecule has 36 heavy (non-hydrogen) atoms. The lowest BCUT2D eigenvalue weighted by Crippen LogP contribution is -2.50. The number of alkyl halides is 7. The van der Waals surface area contributed by atoms with Gasteiger partial charge < -0.3 is 10.6 Å². The van der Waals surface area contributed by atoms with Crippen molar-refractivity contribution < 1.29 is 48.7 Å². The van der Waals surface area contributed by atoms with Gasteiger partial charge in [-0.25, -0.2) is 12.8 Å². The Bertz CT molecular complexity index is 1230. The van der Waals surface area contributed by atoms with E-state index in [0.29, 0.717) is 12.1 Å². The van der Waals surface area contributed by atoms with E-state index in [1.165, 1.54) is 25.1 Å². The molecule has 0 aliphatic heterocycles. The molecule has 2 N–H and O–H groups in total. The summed E-state index contributed by atoms with van der Waals surface area (Å²) in [7, 11) is -3.42. The molecule has 0 spiro atoms. The number of hydrogen-bond acceptors (Lipinski definition) is 4. The van der Waals surface area contributed by atoms with Crippen molar-refractivity contribution in [2.24, 2.45) is 0 Å². The molecule has 6 nitrogen and oxygen atoms in total. The summed E-state index contributed by atoms with van der Waals surface area (Å²) in [6.45, 7) is 1.43. The van der Waals surface area contributed by atoms with Crippen LogP contribution in [0.5, 0.6) is 0 Å². The molecule has 0 unspecified atom stereocenters. The molecule has 0 saturated heterocycles. The number of halogens is 8. The van der Waals surface area contributed by atoms with E-state index in [1.807, 2.05) is 0 Å². The first kappa shape index (κ1) is 29.8. The number of nitrogens with one attached hydrogen (secondary N) is 2. The monoisotopic (exact) mass is 654 g/mol. The highest BCUT2D eigenvalue weighted by Gasteiger charge is 2.73. The van der Waals surface area contributed by atoms with Crippen LogP contribution in [-0.4, -0.2) is 50.6 Å². The second-order valence-electron chi connectivity index (χ2n) is 7.81. The van der Waals surface area contributed by atoms with Crippen molar-refractivity contribution in [2.45, 2.75) is 31.0 Å². The predicted octanol–water partition coefficient (Wildman–Crippen LogP) is 5.00. The minimum Gasteiger partial charge on any atom is -0.349 e. The van der Waals surface area contributed by atoms with Crippen molar-refractivity contribution in [3.8, 4) is 0 Å². The number of anilines is 1. The van der Waals surface area contributed by atoms with Gasteiger partial charge in [0.1, 0.15) is 9.84 Å². The van der Waals surface area contributed by atoms with Crippen LogP contribution in [0.15, 0.2) is 42.5 Å². The van der Waals surface area contributed by atoms with Crippen LogP contribution in [0.1, 0.15) is 33.2 Å². The maximum Gasteiger partial charge on any atom is 0.435 e. The highest BCUT2D eigenvalue weighted by molar-refractivity contribution is 14.1. The Labute approximate surface area is 214 Å². The van der Waals surface area contributed by atoms with Gasteiger partial charge in [0.15, 0.2) is 0 Å². The summed E-state index contributed by atoms with van der Waals surface area (Å²) in [5.74, 6) is -2.10. The van der Waals surface area contributed by atoms with Crippen molar-refractivity contribution in [1.82, 2.24) is 5.32 Å². The summed E-state index contributed by atoms with van der Waals surface area (Å²) in [6, 6.07) is 5.16. The molecular formula is C21H18F7IN2O4S. The molecular weight excluding hydrogens is 636 g/mol. The van der Waals surface area contributed by atoms with E-state index < -0.39 is 51.3 Å². The van der Waals surface area contributed by atoms with E-state index in [2.05, 4.69) is 10.6 Å². The van der Waals surface area contributed by atoms with E-state index in [9.17, 15) is 48.7 Å². The van der Waals surface area contributed by atoms with Gasteiger partial charge in [-0.1, -0.05) is 18.2 Å². The predicted molar refractivity (Wildman–Crippen MR) is 125 cm³/mol. The van der Waals surface area contributed by atoms with Crippen molar-refractivity contribution in [1.29, 1.82) is 0 Å². The van der Waals surface area contributed by atoms with Crippen LogP contribution in [0.3, 0.4) is 0 Å². The zero-order valence-electron chi connectivity index (χ0n) is 18.4. The van der Waals surface area contributed by atoms with E-state index in [-0.39, 0.29) is 38.3 Å². The van der Waals surface area contributed by atoms with Crippen LogP contribution in [0.2, 0.25) is 0 Å². The number of carbonyl (C=O) groups excluding carboxylic acids is 2. The summed E-state index contributed by atoms with van der Waals surface area (Å²) in [5, 5.41) is 4.67. The summed E-state index contributed by atoms with van der Waals surface area (Å²) < 4.78 is 115. The average Bonchev–Trinajstić information content (AvgIpc) is 2.70. The Morgan fingerprint density at radius 2 is 1.44 bits per heavy atom. The Kier molecular flexibility index (Phi) is 8.70. The highest BCUT2D eigenvalue weighted by atomic mass is 127. The van der Waals surface area contributed by atoms with Crippen LogP contribution >= 0.6 is 22.6 Å². The molecule has 0 radical (unpaired) electrons. The SMILES string of the molecule is C[C@@H](CS(C)(=O)=O)NC(=O)c1cccc(I)c1C(=O)Nc1ccc(C(F)(C(F)(F)F)C(F)(F)F)cc1. The lowest BCUT2D eigenvalue weighted by molar-refractivity contribution is -0.348. The third kappa shape index (κ3) is 6.66. The average molecular weight is 654 g/mol. The van der Waals surface area contributed by atoms with Gasteiger partial charge in [-0.3, -0.25) is 9.59 Å². The first-order valence-corrected chi connectivity index (χ1v) is 12.9. The van der Waals surface area contributed by atoms with Gasteiger partial charge in [0.05, 0.1) is 16.9 Å². The molecule has 2 amide bonds. The number of sulfone groups is 1.